The van der Waals surface area contributed by atoms with Crippen LogP contribution in [0.25, 0.3) is 22.2 Å². The van der Waals surface area contributed by atoms with Crippen molar-refractivity contribution in [2.75, 3.05) is 0 Å². The van der Waals surface area contributed by atoms with Crippen molar-refractivity contribution in [1.29, 1.82) is 0 Å². The van der Waals surface area contributed by atoms with Crippen molar-refractivity contribution in [2.24, 2.45) is 0 Å². The molecule has 1 aromatic heterocycles. The molecule has 0 aliphatic rings. The molecule has 20 heavy (non-hydrogen) atoms. The summed E-state index contributed by atoms with van der Waals surface area (Å²) in [6.45, 7) is 0. The molecule has 0 atom stereocenters. The summed E-state index contributed by atoms with van der Waals surface area (Å²) in [5.41, 5.74) is 2.03. The molecule has 0 unspecified atom stereocenters. The molecule has 2 aromatic carbocycles. The van der Waals surface area contributed by atoms with Gasteiger partial charge in [-0.3, -0.25) is 0 Å². The van der Waals surface area contributed by atoms with Crippen LogP contribution in [0.3, 0.4) is 0 Å². The minimum Gasteiger partial charge on any atom is -0.478 e. The number of rotatable bonds is 2. The number of nitrogens with one attached hydrogen (secondary N) is 1. The Hall–Kier alpha value is -2.14. The van der Waals surface area contributed by atoms with Crippen LogP contribution in [0, 0.1) is 5.82 Å². The van der Waals surface area contributed by atoms with Gasteiger partial charge >= 0.3 is 5.97 Å². The van der Waals surface area contributed by atoms with E-state index in [-0.39, 0.29) is 11.4 Å². The normalized spacial score (nSPS) is 10.9. The highest BCUT2D eigenvalue weighted by Gasteiger charge is 2.19. The van der Waals surface area contributed by atoms with Crippen molar-refractivity contribution in [3.63, 3.8) is 0 Å². The number of hydrogen-bond acceptors (Lipinski definition) is 1. The molecule has 0 aliphatic carbocycles. The van der Waals surface area contributed by atoms with Gasteiger partial charge in [0.2, 0.25) is 0 Å². The Labute approximate surface area is 122 Å². The summed E-state index contributed by atoms with van der Waals surface area (Å²) < 4.78 is 13.8. The fraction of sp³-hybridized carbons (Fsp3) is 0. The predicted molar refractivity (Wildman–Crippen MR) is 78.4 cm³/mol. The first kappa shape index (κ1) is 12.9. The summed E-state index contributed by atoms with van der Waals surface area (Å²) in [7, 11) is 0. The lowest BCUT2D eigenvalue weighted by Crippen LogP contribution is -1.97. The molecule has 0 saturated heterocycles. The SMILES string of the molecule is O=C(O)c1c(-c2ccc(F)cc2)[nH]c2ccc(Br)cc12. The Morgan fingerprint density at radius 1 is 1.15 bits per heavy atom. The predicted octanol–water partition coefficient (Wildman–Crippen LogP) is 4.43. The van der Waals surface area contributed by atoms with Crippen molar-refractivity contribution >= 4 is 32.8 Å². The second kappa shape index (κ2) is 4.76. The molecule has 3 rings (SSSR count). The molecule has 0 saturated carbocycles. The lowest BCUT2D eigenvalue weighted by atomic mass is 10.1. The van der Waals surface area contributed by atoms with E-state index in [1.807, 2.05) is 6.07 Å². The first-order valence-corrected chi connectivity index (χ1v) is 6.66. The van der Waals surface area contributed by atoms with Gasteiger partial charge in [0.15, 0.2) is 0 Å². The number of carbonyl (C=O) groups is 1. The number of carboxylic acid groups (broad SMARTS) is 1. The van der Waals surface area contributed by atoms with E-state index in [9.17, 15) is 14.3 Å². The molecular weight excluding hydrogens is 325 g/mol. The van der Waals surface area contributed by atoms with E-state index in [1.54, 1.807) is 24.3 Å². The van der Waals surface area contributed by atoms with E-state index in [0.29, 0.717) is 16.6 Å². The maximum atomic E-state index is 13.0. The van der Waals surface area contributed by atoms with Gasteiger partial charge in [0.25, 0.3) is 0 Å². The molecule has 0 radical (unpaired) electrons. The van der Waals surface area contributed by atoms with E-state index in [1.165, 1.54) is 12.1 Å². The van der Waals surface area contributed by atoms with Crippen LogP contribution in [-0.2, 0) is 0 Å². The Morgan fingerprint density at radius 3 is 2.50 bits per heavy atom. The Kier molecular flexibility index (Phi) is 3.06. The van der Waals surface area contributed by atoms with Crippen LogP contribution < -0.4 is 0 Å². The molecule has 0 amide bonds. The maximum absolute atomic E-state index is 13.0. The van der Waals surface area contributed by atoms with Crippen LogP contribution in [0.1, 0.15) is 10.4 Å². The minimum atomic E-state index is -1.02. The standard InChI is InChI=1S/C15H9BrFNO2/c16-9-3-6-12-11(7-9)13(15(19)20)14(18-12)8-1-4-10(17)5-2-8/h1-7,18H,(H,19,20). The largest absolute Gasteiger partial charge is 0.478 e. The fourth-order valence-electron chi connectivity index (χ4n) is 2.22. The molecule has 0 aliphatic heterocycles. The van der Waals surface area contributed by atoms with E-state index in [4.69, 9.17) is 0 Å². The van der Waals surface area contributed by atoms with Crippen LogP contribution in [0.15, 0.2) is 46.9 Å². The zero-order valence-corrected chi connectivity index (χ0v) is 11.7. The van der Waals surface area contributed by atoms with Crippen LogP contribution in [0.2, 0.25) is 0 Å². The van der Waals surface area contributed by atoms with Gasteiger partial charge in [0.1, 0.15) is 5.82 Å². The monoisotopic (exact) mass is 333 g/mol. The summed E-state index contributed by atoms with van der Waals surface area (Å²) in [6, 6.07) is 11.1. The zero-order valence-electron chi connectivity index (χ0n) is 10.2. The Morgan fingerprint density at radius 2 is 1.85 bits per heavy atom. The van der Waals surface area contributed by atoms with Gasteiger partial charge in [0.05, 0.1) is 11.3 Å². The third-order valence-electron chi connectivity index (χ3n) is 3.11. The highest BCUT2D eigenvalue weighted by atomic mass is 79.9. The summed E-state index contributed by atoms with van der Waals surface area (Å²) in [5, 5.41) is 10.1. The number of benzene rings is 2. The van der Waals surface area contributed by atoms with Crippen molar-refractivity contribution < 1.29 is 14.3 Å². The molecule has 0 spiro atoms. The number of carboxylic acids is 1. The average Bonchev–Trinajstić information content (AvgIpc) is 2.78. The molecule has 2 N–H and O–H groups in total. The van der Waals surface area contributed by atoms with Crippen LogP contribution in [-0.4, -0.2) is 16.1 Å². The molecule has 0 fully saturated rings. The highest BCUT2D eigenvalue weighted by molar-refractivity contribution is 9.10. The lowest BCUT2D eigenvalue weighted by Gasteiger charge is -2.01. The Bertz CT molecular complexity index is 809. The number of fused-ring (bicyclic) bond motifs is 1. The molecule has 0 bridgehead atoms. The minimum absolute atomic E-state index is 0.188. The highest BCUT2D eigenvalue weighted by Crippen LogP contribution is 2.32. The maximum Gasteiger partial charge on any atom is 0.338 e. The van der Waals surface area contributed by atoms with Gasteiger partial charge in [0, 0.05) is 15.4 Å². The Balaban J connectivity index is 2.32. The quantitative estimate of drug-likeness (QED) is 0.728. The topological polar surface area (TPSA) is 53.1 Å². The van der Waals surface area contributed by atoms with Crippen molar-refractivity contribution in [3.05, 3.63) is 58.3 Å². The van der Waals surface area contributed by atoms with Crippen molar-refractivity contribution in [1.82, 2.24) is 4.98 Å². The van der Waals surface area contributed by atoms with Gasteiger partial charge in [-0.1, -0.05) is 15.9 Å². The van der Waals surface area contributed by atoms with Crippen molar-refractivity contribution in [2.45, 2.75) is 0 Å². The number of halogens is 2. The number of aromatic amines is 1. The number of aromatic nitrogens is 1. The van der Waals surface area contributed by atoms with Crippen molar-refractivity contribution in [3.8, 4) is 11.3 Å². The second-order valence-electron chi connectivity index (χ2n) is 4.38. The summed E-state index contributed by atoms with van der Waals surface area (Å²) in [5.74, 6) is -1.38. The third kappa shape index (κ3) is 2.10. The average molecular weight is 334 g/mol. The first-order valence-electron chi connectivity index (χ1n) is 5.87. The second-order valence-corrected chi connectivity index (χ2v) is 5.29. The van der Waals surface area contributed by atoms with E-state index >= 15 is 0 Å². The van der Waals surface area contributed by atoms with E-state index < -0.39 is 5.97 Å². The van der Waals surface area contributed by atoms with Crippen LogP contribution >= 0.6 is 15.9 Å². The molecular formula is C15H9BrFNO2. The van der Waals surface area contributed by atoms with Gasteiger partial charge in [-0.2, -0.15) is 0 Å². The molecule has 3 aromatic rings. The number of aromatic carboxylic acids is 1. The summed E-state index contributed by atoms with van der Waals surface area (Å²) in [4.78, 5) is 14.6. The summed E-state index contributed by atoms with van der Waals surface area (Å²) in [6.07, 6.45) is 0. The molecule has 5 heteroatoms. The third-order valence-corrected chi connectivity index (χ3v) is 3.60. The lowest BCUT2D eigenvalue weighted by molar-refractivity contribution is 0.0700. The van der Waals surface area contributed by atoms with Gasteiger partial charge in [-0.15, -0.1) is 0 Å². The molecule has 100 valence electrons. The zero-order chi connectivity index (χ0) is 14.3. The number of hydrogen-bond donors (Lipinski definition) is 2. The van der Waals surface area contributed by atoms with Crippen LogP contribution in [0.5, 0.6) is 0 Å². The molecule has 3 nitrogen and oxygen atoms in total. The number of H-pyrrole nitrogens is 1. The van der Waals surface area contributed by atoms with Gasteiger partial charge in [-0.05, 0) is 48.0 Å². The summed E-state index contributed by atoms with van der Waals surface area (Å²) >= 11 is 3.33. The van der Waals surface area contributed by atoms with Gasteiger partial charge in [-0.25, -0.2) is 9.18 Å². The smallest absolute Gasteiger partial charge is 0.338 e. The van der Waals surface area contributed by atoms with E-state index in [0.717, 1.165) is 9.99 Å². The van der Waals surface area contributed by atoms with E-state index in [2.05, 4.69) is 20.9 Å². The molecule has 1 heterocycles. The fourth-order valence-corrected chi connectivity index (χ4v) is 2.58. The first-order chi connectivity index (χ1) is 9.56. The van der Waals surface area contributed by atoms with Gasteiger partial charge < -0.3 is 10.1 Å². The van der Waals surface area contributed by atoms with Crippen LogP contribution in [0.4, 0.5) is 4.39 Å².